The zero-order valence-electron chi connectivity index (χ0n) is 13.9. The Bertz CT molecular complexity index is 920. The minimum absolute atomic E-state index is 0.0554. The summed E-state index contributed by atoms with van der Waals surface area (Å²) in [4.78, 5) is 26.2. The van der Waals surface area contributed by atoms with Crippen molar-refractivity contribution in [2.75, 3.05) is 12.3 Å². The number of aryl methyl sites for hydroxylation is 1. The van der Waals surface area contributed by atoms with Gasteiger partial charge in [-0.15, -0.1) is 10.2 Å². The largest absolute Gasteiger partial charge is 0.355 e. The number of hydrogen-bond acceptors (Lipinski definition) is 5. The van der Waals surface area contributed by atoms with Gasteiger partial charge in [-0.2, -0.15) is 0 Å². The van der Waals surface area contributed by atoms with Gasteiger partial charge < -0.3 is 5.32 Å². The highest BCUT2D eigenvalue weighted by atomic mass is 32.2. The molecule has 2 aromatic heterocycles. The Morgan fingerprint density at radius 1 is 1.28 bits per heavy atom. The Morgan fingerprint density at radius 3 is 2.84 bits per heavy atom. The molecule has 0 radical (unpaired) electrons. The number of nitrogens with zero attached hydrogens (tertiary/aromatic N) is 3. The highest BCUT2D eigenvalue weighted by molar-refractivity contribution is 7.99. The molecular weight excluding hydrogens is 338 g/mol. The van der Waals surface area contributed by atoms with Crippen molar-refractivity contribution in [3.63, 3.8) is 0 Å². The molecule has 130 valence electrons. The van der Waals surface area contributed by atoms with E-state index >= 15 is 0 Å². The second-order valence-corrected chi connectivity index (χ2v) is 6.44. The number of amides is 1. The van der Waals surface area contributed by atoms with Crippen LogP contribution in [-0.4, -0.2) is 37.8 Å². The molecule has 0 saturated heterocycles. The van der Waals surface area contributed by atoms with Gasteiger partial charge in [0.2, 0.25) is 11.7 Å². The summed E-state index contributed by atoms with van der Waals surface area (Å²) in [6, 6.07) is 11.5. The molecule has 0 unspecified atom stereocenters. The molecule has 0 spiro atoms. The second kappa shape index (κ2) is 7.98. The van der Waals surface area contributed by atoms with E-state index < -0.39 is 0 Å². The van der Waals surface area contributed by atoms with E-state index in [4.69, 9.17) is 0 Å². The molecule has 0 fully saturated rings. The first-order valence-corrected chi connectivity index (χ1v) is 9.06. The molecule has 3 rings (SSSR count). The fraction of sp³-hybridized carbons (Fsp3) is 0.294. The van der Waals surface area contributed by atoms with Crippen molar-refractivity contribution in [1.29, 1.82) is 0 Å². The number of thioether (sulfide) groups is 1. The van der Waals surface area contributed by atoms with Crippen molar-refractivity contribution in [1.82, 2.24) is 24.9 Å². The minimum Gasteiger partial charge on any atom is -0.355 e. The molecular formula is C17H19N5O2S. The van der Waals surface area contributed by atoms with E-state index in [9.17, 15) is 9.59 Å². The Kier molecular flexibility index (Phi) is 5.49. The van der Waals surface area contributed by atoms with Gasteiger partial charge in [0.05, 0.1) is 5.75 Å². The number of carbonyl (C=O) groups is 1. The molecule has 0 bridgehead atoms. The SMILES string of the molecule is CCc1cc(=O)[nH]c2nnc(SCC(=O)NCCc3ccccc3)n12. The van der Waals surface area contributed by atoms with Crippen molar-refractivity contribution in [2.45, 2.75) is 24.9 Å². The summed E-state index contributed by atoms with van der Waals surface area (Å²) in [6.07, 6.45) is 1.47. The number of benzene rings is 1. The third-order valence-corrected chi connectivity index (χ3v) is 4.66. The van der Waals surface area contributed by atoms with Crippen molar-refractivity contribution in [3.8, 4) is 0 Å². The smallest absolute Gasteiger partial charge is 0.252 e. The monoisotopic (exact) mass is 357 g/mol. The summed E-state index contributed by atoms with van der Waals surface area (Å²) in [7, 11) is 0. The number of aromatic nitrogens is 4. The summed E-state index contributed by atoms with van der Waals surface area (Å²) in [5.74, 6) is 0.592. The van der Waals surface area contributed by atoms with E-state index in [1.165, 1.54) is 23.4 Å². The van der Waals surface area contributed by atoms with Crippen LogP contribution in [0, 0.1) is 0 Å². The van der Waals surface area contributed by atoms with E-state index in [2.05, 4.69) is 20.5 Å². The zero-order chi connectivity index (χ0) is 17.6. The van der Waals surface area contributed by atoms with E-state index in [1.54, 1.807) is 4.40 Å². The Hall–Kier alpha value is -2.61. The molecule has 0 aliphatic carbocycles. The molecule has 3 aromatic rings. The maximum absolute atomic E-state index is 12.0. The maximum Gasteiger partial charge on any atom is 0.252 e. The van der Waals surface area contributed by atoms with Crippen LogP contribution >= 0.6 is 11.8 Å². The highest BCUT2D eigenvalue weighted by Gasteiger charge is 2.12. The lowest BCUT2D eigenvalue weighted by molar-refractivity contribution is -0.118. The third-order valence-electron chi connectivity index (χ3n) is 3.73. The number of hydrogen-bond donors (Lipinski definition) is 2. The summed E-state index contributed by atoms with van der Waals surface area (Å²) in [5, 5.41) is 11.5. The number of H-pyrrole nitrogens is 1. The van der Waals surface area contributed by atoms with Crippen LogP contribution < -0.4 is 10.9 Å². The predicted octanol–water partition coefficient (Wildman–Crippen LogP) is 1.43. The van der Waals surface area contributed by atoms with Gasteiger partial charge in [0.15, 0.2) is 5.16 Å². The topological polar surface area (TPSA) is 92.2 Å². The Morgan fingerprint density at radius 2 is 2.08 bits per heavy atom. The normalized spacial score (nSPS) is 10.9. The number of aromatic amines is 1. The molecule has 7 nitrogen and oxygen atoms in total. The first-order chi connectivity index (χ1) is 12.2. The van der Waals surface area contributed by atoms with Crippen molar-refractivity contribution >= 4 is 23.4 Å². The predicted molar refractivity (Wildman–Crippen MR) is 96.9 cm³/mol. The number of nitrogens with one attached hydrogen (secondary N) is 2. The van der Waals surface area contributed by atoms with Crippen molar-refractivity contribution < 1.29 is 4.79 Å². The van der Waals surface area contributed by atoms with E-state index in [-0.39, 0.29) is 17.2 Å². The quantitative estimate of drug-likeness (QED) is 0.624. The molecule has 0 aliphatic rings. The van der Waals surface area contributed by atoms with Crippen molar-refractivity contribution in [2.24, 2.45) is 0 Å². The summed E-state index contributed by atoms with van der Waals surface area (Å²) < 4.78 is 1.78. The molecule has 0 aliphatic heterocycles. The molecule has 1 aromatic carbocycles. The van der Waals surface area contributed by atoms with Crippen molar-refractivity contribution in [3.05, 3.63) is 58.0 Å². The Labute approximate surface area is 148 Å². The summed E-state index contributed by atoms with van der Waals surface area (Å²) in [5.41, 5.74) is 1.80. The average Bonchev–Trinajstić information content (AvgIpc) is 3.03. The lowest BCUT2D eigenvalue weighted by Gasteiger charge is -2.06. The van der Waals surface area contributed by atoms with Crippen LogP contribution in [0.15, 0.2) is 46.3 Å². The third kappa shape index (κ3) is 4.27. The van der Waals surface area contributed by atoms with Gasteiger partial charge in [-0.3, -0.25) is 19.0 Å². The molecule has 1 amide bonds. The Balaban J connectivity index is 1.57. The molecule has 0 saturated carbocycles. The molecule has 2 heterocycles. The van der Waals surface area contributed by atoms with Crippen LogP contribution in [0.1, 0.15) is 18.2 Å². The van der Waals surface area contributed by atoms with Gasteiger partial charge in [0.25, 0.3) is 5.56 Å². The number of fused-ring (bicyclic) bond motifs is 1. The molecule has 8 heteroatoms. The van der Waals surface area contributed by atoms with E-state index in [0.717, 1.165) is 12.1 Å². The van der Waals surface area contributed by atoms with Crippen LogP contribution in [0.3, 0.4) is 0 Å². The van der Waals surface area contributed by atoms with Gasteiger partial charge in [-0.1, -0.05) is 49.0 Å². The van der Waals surface area contributed by atoms with Gasteiger partial charge >= 0.3 is 0 Å². The molecule has 2 N–H and O–H groups in total. The van der Waals surface area contributed by atoms with Crippen LogP contribution in [0.5, 0.6) is 0 Å². The minimum atomic E-state index is -0.202. The van der Waals surface area contributed by atoms with Gasteiger partial charge in [0.1, 0.15) is 0 Å². The number of carbonyl (C=O) groups excluding carboxylic acids is 1. The average molecular weight is 357 g/mol. The lowest BCUT2D eigenvalue weighted by Crippen LogP contribution is -2.27. The second-order valence-electron chi connectivity index (χ2n) is 5.49. The van der Waals surface area contributed by atoms with Crippen LogP contribution in [0.25, 0.3) is 5.78 Å². The van der Waals surface area contributed by atoms with Crippen LogP contribution in [0.4, 0.5) is 0 Å². The van der Waals surface area contributed by atoms with E-state index in [1.807, 2.05) is 37.3 Å². The van der Waals surface area contributed by atoms with Crippen LogP contribution in [-0.2, 0) is 17.6 Å². The first-order valence-electron chi connectivity index (χ1n) is 8.08. The summed E-state index contributed by atoms with van der Waals surface area (Å²) >= 11 is 1.30. The van der Waals surface area contributed by atoms with Crippen LogP contribution in [0.2, 0.25) is 0 Å². The van der Waals surface area contributed by atoms with E-state index in [0.29, 0.717) is 23.9 Å². The fourth-order valence-corrected chi connectivity index (χ4v) is 3.29. The highest BCUT2D eigenvalue weighted by Crippen LogP contribution is 2.17. The first kappa shape index (κ1) is 17.2. The molecule has 25 heavy (non-hydrogen) atoms. The number of rotatable bonds is 7. The maximum atomic E-state index is 12.0. The zero-order valence-corrected chi connectivity index (χ0v) is 14.7. The van der Waals surface area contributed by atoms with Gasteiger partial charge in [-0.25, -0.2) is 0 Å². The van der Waals surface area contributed by atoms with Gasteiger partial charge in [-0.05, 0) is 18.4 Å². The fourth-order valence-electron chi connectivity index (χ4n) is 2.50. The standard InChI is InChI=1S/C17H19N5O2S/c1-2-13-10-14(23)19-16-20-21-17(22(13)16)25-11-15(24)18-9-8-12-6-4-3-5-7-12/h3-7,10H,2,8-9,11H2,1H3,(H,18,24)(H,19,20,23). The summed E-state index contributed by atoms with van der Waals surface area (Å²) in [6.45, 7) is 2.55. The lowest BCUT2D eigenvalue weighted by atomic mass is 10.1. The molecule has 0 atom stereocenters. The van der Waals surface area contributed by atoms with Gasteiger partial charge in [0, 0.05) is 18.3 Å².